The first-order valence-corrected chi connectivity index (χ1v) is 8.60. The lowest BCUT2D eigenvalue weighted by Gasteiger charge is -2.06. The van der Waals surface area contributed by atoms with Gasteiger partial charge in [-0.2, -0.15) is 5.26 Å². The van der Waals surface area contributed by atoms with E-state index in [4.69, 9.17) is 14.4 Å². The molecular formula is C22H15N3O3. The molecule has 4 aromatic rings. The van der Waals surface area contributed by atoms with Crippen molar-refractivity contribution in [1.82, 2.24) is 4.98 Å². The van der Waals surface area contributed by atoms with Gasteiger partial charge in [-0.15, -0.1) is 0 Å². The second-order valence-corrected chi connectivity index (χ2v) is 6.03. The van der Waals surface area contributed by atoms with Crippen LogP contribution in [0.1, 0.15) is 21.9 Å². The predicted octanol–water partition coefficient (Wildman–Crippen LogP) is 4.53. The Morgan fingerprint density at radius 2 is 1.93 bits per heavy atom. The molecule has 0 bridgehead atoms. The fraction of sp³-hybridized carbons (Fsp3) is 0.0455. The first-order valence-electron chi connectivity index (χ1n) is 8.60. The average molecular weight is 369 g/mol. The van der Waals surface area contributed by atoms with Crippen LogP contribution in [0, 0.1) is 11.3 Å². The van der Waals surface area contributed by atoms with Crippen molar-refractivity contribution in [3.05, 3.63) is 90.0 Å². The highest BCUT2D eigenvalue weighted by Gasteiger charge is 2.13. The number of fused-ring (bicyclic) bond motifs is 1. The fourth-order valence-corrected chi connectivity index (χ4v) is 2.74. The van der Waals surface area contributed by atoms with Crippen LogP contribution in [0.2, 0.25) is 0 Å². The van der Waals surface area contributed by atoms with Gasteiger partial charge in [0.1, 0.15) is 24.2 Å². The van der Waals surface area contributed by atoms with E-state index in [0.717, 1.165) is 10.9 Å². The molecule has 0 aliphatic rings. The molecule has 1 amide bonds. The molecule has 2 aromatic heterocycles. The van der Waals surface area contributed by atoms with Crippen molar-refractivity contribution in [3.63, 3.8) is 0 Å². The van der Waals surface area contributed by atoms with Crippen LogP contribution in [0.15, 0.2) is 77.3 Å². The second-order valence-electron chi connectivity index (χ2n) is 6.03. The summed E-state index contributed by atoms with van der Waals surface area (Å²) in [5.74, 6) is 0.741. The molecule has 28 heavy (non-hydrogen) atoms. The SMILES string of the molecule is N#Cc1ccccc1OCc1ccc(C(=O)Nc2cnc3ccccc3c2)o1. The maximum absolute atomic E-state index is 12.4. The number of nitriles is 1. The molecule has 0 saturated carbocycles. The molecule has 0 unspecified atom stereocenters. The Balaban J connectivity index is 1.43. The zero-order valence-electron chi connectivity index (χ0n) is 14.8. The number of carbonyl (C=O) groups excluding carboxylic acids is 1. The fourth-order valence-electron chi connectivity index (χ4n) is 2.74. The van der Waals surface area contributed by atoms with Crippen molar-refractivity contribution in [2.75, 3.05) is 5.32 Å². The number of amides is 1. The van der Waals surface area contributed by atoms with Gasteiger partial charge in [0, 0.05) is 5.39 Å². The Morgan fingerprint density at radius 3 is 2.82 bits per heavy atom. The van der Waals surface area contributed by atoms with Crippen molar-refractivity contribution in [1.29, 1.82) is 5.26 Å². The zero-order chi connectivity index (χ0) is 19.3. The van der Waals surface area contributed by atoms with E-state index in [1.54, 1.807) is 42.6 Å². The summed E-state index contributed by atoms with van der Waals surface area (Å²) in [5.41, 5.74) is 1.88. The number of para-hydroxylation sites is 2. The van der Waals surface area contributed by atoms with E-state index in [1.165, 1.54) is 0 Å². The lowest BCUT2D eigenvalue weighted by molar-refractivity contribution is 0.0992. The standard InChI is InChI=1S/C22H15N3O3/c23-12-16-6-2-4-8-20(16)27-14-18-9-10-21(28-18)22(26)25-17-11-15-5-1-3-7-19(15)24-13-17/h1-11,13H,14H2,(H,25,26). The number of rotatable bonds is 5. The number of ether oxygens (including phenoxy) is 1. The Labute approximate surface area is 161 Å². The second kappa shape index (κ2) is 7.64. The Kier molecular flexibility index (Phi) is 4.72. The molecule has 0 aliphatic carbocycles. The Bertz CT molecular complexity index is 1190. The van der Waals surface area contributed by atoms with Crippen LogP contribution in [-0.2, 0) is 6.61 Å². The van der Waals surface area contributed by atoms with Crippen molar-refractivity contribution >= 4 is 22.5 Å². The van der Waals surface area contributed by atoms with Crippen LogP contribution in [0.25, 0.3) is 10.9 Å². The Morgan fingerprint density at radius 1 is 1.11 bits per heavy atom. The lowest BCUT2D eigenvalue weighted by atomic mass is 10.2. The normalized spacial score (nSPS) is 10.4. The minimum atomic E-state index is -0.374. The summed E-state index contributed by atoms with van der Waals surface area (Å²) in [6, 6.07) is 21.8. The largest absolute Gasteiger partial charge is 0.484 e. The van der Waals surface area contributed by atoms with Gasteiger partial charge in [0.2, 0.25) is 0 Å². The number of anilines is 1. The quantitative estimate of drug-likeness (QED) is 0.558. The molecule has 0 atom stereocenters. The predicted molar refractivity (Wildman–Crippen MR) is 104 cm³/mol. The number of nitrogens with one attached hydrogen (secondary N) is 1. The zero-order valence-corrected chi connectivity index (χ0v) is 14.8. The number of hydrogen-bond donors (Lipinski definition) is 1. The summed E-state index contributed by atoms with van der Waals surface area (Å²) >= 11 is 0. The molecule has 136 valence electrons. The molecule has 0 fully saturated rings. The smallest absolute Gasteiger partial charge is 0.291 e. The summed E-state index contributed by atoms with van der Waals surface area (Å²) in [6.45, 7) is 0.115. The van der Waals surface area contributed by atoms with Crippen molar-refractivity contribution in [2.45, 2.75) is 6.61 Å². The molecule has 2 aromatic carbocycles. The minimum absolute atomic E-state index is 0.115. The molecule has 0 aliphatic heterocycles. The number of hydrogen-bond acceptors (Lipinski definition) is 5. The van der Waals surface area contributed by atoms with Gasteiger partial charge in [0.25, 0.3) is 5.91 Å². The number of aromatic nitrogens is 1. The molecule has 0 saturated heterocycles. The number of pyridine rings is 1. The van der Waals surface area contributed by atoms with E-state index in [-0.39, 0.29) is 18.3 Å². The summed E-state index contributed by atoms with van der Waals surface area (Å²) in [4.78, 5) is 16.7. The maximum Gasteiger partial charge on any atom is 0.291 e. The summed E-state index contributed by atoms with van der Waals surface area (Å²) in [5, 5.41) is 12.8. The number of carbonyl (C=O) groups is 1. The minimum Gasteiger partial charge on any atom is -0.484 e. The van der Waals surface area contributed by atoms with Crippen LogP contribution < -0.4 is 10.1 Å². The van der Waals surface area contributed by atoms with Gasteiger partial charge in [0.05, 0.1) is 23.0 Å². The van der Waals surface area contributed by atoms with Crippen LogP contribution in [0.5, 0.6) is 5.75 Å². The van der Waals surface area contributed by atoms with E-state index < -0.39 is 0 Å². The monoisotopic (exact) mass is 369 g/mol. The molecule has 6 heteroatoms. The van der Waals surface area contributed by atoms with Crippen LogP contribution in [0.4, 0.5) is 5.69 Å². The summed E-state index contributed by atoms with van der Waals surface area (Å²) < 4.78 is 11.2. The topological polar surface area (TPSA) is 88.1 Å². The molecule has 1 N–H and O–H groups in total. The molecule has 2 heterocycles. The van der Waals surface area contributed by atoms with Crippen molar-refractivity contribution in [3.8, 4) is 11.8 Å². The van der Waals surface area contributed by atoms with Crippen LogP contribution in [-0.4, -0.2) is 10.9 Å². The van der Waals surface area contributed by atoms with Crippen molar-refractivity contribution < 1.29 is 13.9 Å². The number of nitrogens with zero attached hydrogens (tertiary/aromatic N) is 2. The Hall–Kier alpha value is -4.11. The summed E-state index contributed by atoms with van der Waals surface area (Å²) in [7, 11) is 0. The molecule has 0 radical (unpaired) electrons. The average Bonchev–Trinajstić information content (AvgIpc) is 3.21. The maximum atomic E-state index is 12.4. The molecular weight excluding hydrogens is 354 g/mol. The van der Waals surface area contributed by atoms with Gasteiger partial charge in [-0.3, -0.25) is 9.78 Å². The van der Waals surface area contributed by atoms with E-state index in [2.05, 4.69) is 16.4 Å². The molecule has 4 rings (SSSR count). The van der Waals surface area contributed by atoms with Crippen LogP contribution in [0.3, 0.4) is 0 Å². The van der Waals surface area contributed by atoms with E-state index in [0.29, 0.717) is 22.8 Å². The van der Waals surface area contributed by atoms with Crippen molar-refractivity contribution in [2.24, 2.45) is 0 Å². The van der Waals surface area contributed by atoms with Gasteiger partial charge < -0.3 is 14.5 Å². The molecule has 6 nitrogen and oxygen atoms in total. The highest BCUT2D eigenvalue weighted by atomic mass is 16.5. The first kappa shape index (κ1) is 17.3. The number of benzene rings is 2. The highest BCUT2D eigenvalue weighted by molar-refractivity contribution is 6.03. The third-order valence-corrected chi connectivity index (χ3v) is 4.11. The third-order valence-electron chi connectivity index (χ3n) is 4.11. The molecule has 0 spiro atoms. The van der Waals surface area contributed by atoms with Gasteiger partial charge in [-0.1, -0.05) is 30.3 Å². The number of furan rings is 1. The van der Waals surface area contributed by atoms with E-state index in [1.807, 2.05) is 30.3 Å². The highest BCUT2D eigenvalue weighted by Crippen LogP contribution is 2.20. The van der Waals surface area contributed by atoms with Gasteiger partial charge in [-0.25, -0.2) is 0 Å². The van der Waals surface area contributed by atoms with Gasteiger partial charge in [0.15, 0.2) is 5.76 Å². The summed E-state index contributed by atoms with van der Waals surface area (Å²) in [6.07, 6.45) is 1.60. The van der Waals surface area contributed by atoms with E-state index in [9.17, 15) is 4.79 Å². The first-order chi connectivity index (χ1) is 13.7. The lowest BCUT2D eigenvalue weighted by Crippen LogP contribution is -2.11. The van der Waals surface area contributed by atoms with Gasteiger partial charge >= 0.3 is 0 Å². The van der Waals surface area contributed by atoms with Crippen LogP contribution >= 0.6 is 0 Å². The third kappa shape index (κ3) is 3.69. The van der Waals surface area contributed by atoms with E-state index >= 15 is 0 Å². The van der Waals surface area contributed by atoms with Gasteiger partial charge in [-0.05, 0) is 36.4 Å².